The molecule has 1 saturated heterocycles. The first-order chi connectivity index (χ1) is 14.2. The minimum absolute atomic E-state index is 0.0609. The second-order valence-electron chi connectivity index (χ2n) is 7.17. The number of anilines is 1. The molecule has 4 rings (SSSR count). The average molecular weight is 451 g/mol. The van der Waals surface area contributed by atoms with Gasteiger partial charge in [0, 0.05) is 35.4 Å². The molecule has 0 spiro atoms. The van der Waals surface area contributed by atoms with Crippen molar-refractivity contribution in [1.29, 1.82) is 0 Å². The largest absolute Gasteiger partial charge is 0.371 e. The smallest absolute Gasteiger partial charge is 0.255 e. The fourth-order valence-corrected chi connectivity index (χ4v) is 3.97. The van der Waals surface area contributed by atoms with E-state index in [0.717, 1.165) is 35.4 Å². The summed E-state index contributed by atoms with van der Waals surface area (Å²) in [5, 5.41) is 2.95. The van der Waals surface area contributed by atoms with E-state index < -0.39 is 0 Å². The van der Waals surface area contributed by atoms with Crippen LogP contribution in [0.2, 0.25) is 0 Å². The summed E-state index contributed by atoms with van der Waals surface area (Å²) in [6.45, 7) is 3.20. The molecule has 1 aliphatic rings. The van der Waals surface area contributed by atoms with Gasteiger partial charge in [-0.1, -0.05) is 58.4 Å². The molecule has 3 aromatic rings. The highest BCUT2D eigenvalue weighted by Gasteiger charge is 2.22. The molecule has 3 aromatic carbocycles. The minimum Gasteiger partial charge on any atom is -0.371 e. The highest BCUT2D eigenvalue weighted by molar-refractivity contribution is 9.10. The number of carbonyl (C=O) groups is 1. The molecule has 1 fully saturated rings. The molecule has 1 amide bonds. The van der Waals surface area contributed by atoms with E-state index in [4.69, 9.17) is 4.74 Å². The standard InChI is InChI=1S/C24H23BrN2O2/c25-21-9-5-7-19(15-21)23-17-27(12-13-29-23)16-18-6-4-8-20(14-18)24(28)26-22-10-2-1-3-11-22/h1-11,14-15,23H,12-13,16-17H2,(H,26,28). The van der Waals surface area contributed by atoms with Gasteiger partial charge in [0.05, 0.1) is 12.7 Å². The number of para-hydroxylation sites is 1. The topological polar surface area (TPSA) is 41.6 Å². The van der Waals surface area contributed by atoms with Crippen LogP contribution in [0.5, 0.6) is 0 Å². The molecule has 0 saturated carbocycles. The summed E-state index contributed by atoms with van der Waals surface area (Å²) >= 11 is 3.54. The number of morpholine rings is 1. The zero-order valence-electron chi connectivity index (χ0n) is 16.1. The van der Waals surface area contributed by atoms with E-state index in [9.17, 15) is 4.79 Å². The van der Waals surface area contributed by atoms with Crippen molar-refractivity contribution in [3.05, 3.63) is 100 Å². The molecule has 0 bridgehead atoms. The van der Waals surface area contributed by atoms with Crippen LogP contribution >= 0.6 is 15.9 Å². The van der Waals surface area contributed by atoms with E-state index in [1.807, 2.05) is 60.7 Å². The lowest BCUT2D eigenvalue weighted by atomic mass is 10.1. The summed E-state index contributed by atoms with van der Waals surface area (Å²) in [6, 6.07) is 25.6. The summed E-state index contributed by atoms with van der Waals surface area (Å²) in [4.78, 5) is 15.0. The molecule has 1 heterocycles. The monoisotopic (exact) mass is 450 g/mol. The molecular formula is C24H23BrN2O2. The van der Waals surface area contributed by atoms with Crippen LogP contribution < -0.4 is 5.32 Å². The fourth-order valence-electron chi connectivity index (χ4n) is 3.55. The van der Waals surface area contributed by atoms with Crippen LogP contribution in [0.1, 0.15) is 27.6 Å². The van der Waals surface area contributed by atoms with E-state index in [1.165, 1.54) is 5.56 Å². The number of hydrogen-bond donors (Lipinski definition) is 1. The summed E-state index contributed by atoms with van der Waals surface area (Å²) in [5.74, 6) is -0.0907. The van der Waals surface area contributed by atoms with E-state index >= 15 is 0 Å². The van der Waals surface area contributed by atoms with Gasteiger partial charge in [0.2, 0.25) is 0 Å². The quantitative estimate of drug-likeness (QED) is 0.575. The summed E-state index contributed by atoms with van der Waals surface area (Å²) in [7, 11) is 0. The van der Waals surface area contributed by atoms with Gasteiger partial charge in [0.25, 0.3) is 5.91 Å². The molecule has 1 aliphatic heterocycles. The molecular weight excluding hydrogens is 428 g/mol. The van der Waals surface area contributed by atoms with Gasteiger partial charge in [-0.3, -0.25) is 9.69 Å². The Morgan fingerprint density at radius 3 is 2.69 bits per heavy atom. The minimum atomic E-state index is -0.0907. The van der Waals surface area contributed by atoms with Gasteiger partial charge in [-0.05, 0) is 47.5 Å². The molecule has 0 aromatic heterocycles. The van der Waals surface area contributed by atoms with Crippen LogP contribution in [0.3, 0.4) is 0 Å². The van der Waals surface area contributed by atoms with Gasteiger partial charge in [-0.15, -0.1) is 0 Å². The highest BCUT2D eigenvalue weighted by Crippen LogP contribution is 2.25. The second-order valence-corrected chi connectivity index (χ2v) is 8.09. The van der Waals surface area contributed by atoms with Crippen molar-refractivity contribution in [2.45, 2.75) is 12.6 Å². The Morgan fingerprint density at radius 2 is 1.86 bits per heavy atom. The van der Waals surface area contributed by atoms with Crippen LogP contribution in [0.25, 0.3) is 0 Å². The number of rotatable bonds is 5. The van der Waals surface area contributed by atoms with E-state index in [2.05, 4.69) is 44.3 Å². The summed E-state index contributed by atoms with van der Waals surface area (Å²) < 4.78 is 7.05. The van der Waals surface area contributed by atoms with Crippen LogP contribution in [-0.2, 0) is 11.3 Å². The first-order valence-corrected chi connectivity index (χ1v) is 10.5. The Bertz CT molecular complexity index is 977. The predicted octanol–water partition coefficient (Wildman–Crippen LogP) is 5.27. The first-order valence-electron chi connectivity index (χ1n) is 9.72. The second kappa shape index (κ2) is 9.35. The molecule has 5 heteroatoms. The number of nitrogens with one attached hydrogen (secondary N) is 1. The Labute approximate surface area is 179 Å². The van der Waals surface area contributed by atoms with E-state index in [0.29, 0.717) is 12.2 Å². The predicted molar refractivity (Wildman–Crippen MR) is 119 cm³/mol. The summed E-state index contributed by atoms with van der Waals surface area (Å²) in [6.07, 6.45) is 0.0609. The molecule has 0 radical (unpaired) electrons. The number of halogens is 1. The Morgan fingerprint density at radius 1 is 1.03 bits per heavy atom. The normalized spacial score (nSPS) is 17.1. The van der Waals surface area contributed by atoms with Crippen LogP contribution in [0, 0.1) is 0 Å². The van der Waals surface area contributed by atoms with Crippen molar-refractivity contribution in [2.24, 2.45) is 0 Å². The van der Waals surface area contributed by atoms with Crippen molar-refractivity contribution >= 4 is 27.5 Å². The maximum absolute atomic E-state index is 12.6. The van der Waals surface area contributed by atoms with Crippen LogP contribution in [0.15, 0.2) is 83.3 Å². The van der Waals surface area contributed by atoms with E-state index in [-0.39, 0.29) is 12.0 Å². The number of benzene rings is 3. The van der Waals surface area contributed by atoms with Crippen molar-refractivity contribution in [3.8, 4) is 0 Å². The number of carbonyl (C=O) groups excluding carboxylic acids is 1. The molecule has 4 nitrogen and oxygen atoms in total. The van der Waals surface area contributed by atoms with Crippen molar-refractivity contribution in [2.75, 3.05) is 25.0 Å². The maximum atomic E-state index is 12.6. The van der Waals surface area contributed by atoms with Gasteiger partial charge < -0.3 is 10.1 Å². The highest BCUT2D eigenvalue weighted by atomic mass is 79.9. The molecule has 0 aliphatic carbocycles. The molecule has 1 N–H and O–H groups in total. The lowest BCUT2D eigenvalue weighted by Gasteiger charge is -2.33. The van der Waals surface area contributed by atoms with Gasteiger partial charge in [-0.25, -0.2) is 0 Å². The molecule has 148 valence electrons. The van der Waals surface area contributed by atoms with Crippen molar-refractivity contribution in [1.82, 2.24) is 4.90 Å². The zero-order valence-corrected chi connectivity index (χ0v) is 17.6. The van der Waals surface area contributed by atoms with Crippen molar-refractivity contribution < 1.29 is 9.53 Å². The Kier molecular flexibility index (Phi) is 6.39. The van der Waals surface area contributed by atoms with Gasteiger partial charge in [-0.2, -0.15) is 0 Å². The lowest BCUT2D eigenvalue weighted by molar-refractivity contribution is -0.0329. The third-order valence-electron chi connectivity index (χ3n) is 5.00. The van der Waals surface area contributed by atoms with E-state index in [1.54, 1.807) is 0 Å². The Hall–Kier alpha value is -2.47. The van der Waals surface area contributed by atoms with Gasteiger partial charge in [0.15, 0.2) is 0 Å². The van der Waals surface area contributed by atoms with Crippen LogP contribution in [-0.4, -0.2) is 30.5 Å². The lowest BCUT2D eigenvalue weighted by Crippen LogP contribution is -2.37. The zero-order chi connectivity index (χ0) is 20.1. The fraction of sp³-hybridized carbons (Fsp3) is 0.208. The number of nitrogens with zero attached hydrogens (tertiary/aromatic N) is 1. The van der Waals surface area contributed by atoms with Gasteiger partial charge >= 0.3 is 0 Å². The van der Waals surface area contributed by atoms with Crippen molar-refractivity contribution in [3.63, 3.8) is 0 Å². The SMILES string of the molecule is O=C(Nc1ccccc1)c1cccc(CN2CCOC(c3cccc(Br)c3)C2)c1. The average Bonchev–Trinajstić information content (AvgIpc) is 2.75. The number of amides is 1. The maximum Gasteiger partial charge on any atom is 0.255 e. The molecule has 29 heavy (non-hydrogen) atoms. The third-order valence-corrected chi connectivity index (χ3v) is 5.49. The first kappa shape index (κ1) is 19.8. The number of hydrogen-bond acceptors (Lipinski definition) is 3. The Balaban J connectivity index is 1.41. The molecule has 1 unspecified atom stereocenters. The van der Waals surface area contributed by atoms with Gasteiger partial charge in [0.1, 0.15) is 0 Å². The number of ether oxygens (including phenoxy) is 1. The molecule has 1 atom stereocenters. The van der Waals surface area contributed by atoms with Crippen LogP contribution in [0.4, 0.5) is 5.69 Å². The summed E-state index contributed by atoms with van der Waals surface area (Å²) in [5.41, 5.74) is 3.77. The third kappa shape index (κ3) is 5.32.